The molecule has 0 bridgehead atoms. The molecular weight excluding hydrogens is 188 g/mol. The highest BCUT2D eigenvalue weighted by Crippen LogP contribution is 2.19. The molecule has 90 valence electrons. The van der Waals surface area contributed by atoms with Gasteiger partial charge in [-0.25, -0.2) is 0 Å². The van der Waals surface area contributed by atoms with Crippen molar-refractivity contribution in [1.82, 2.24) is 10.2 Å². The van der Waals surface area contributed by atoms with E-state index in [0.29, 0.717) is 0 Å². The summed E-state index contributed by atoms with van der Waals surface area (Å²) in [7, 11) is 3.84. The van der Waals surface area contributed by atoms with Crippen LogP contribution in [-0.4, -0.2) is 50.8 Å². The molecule has 0 aromatic carbocycles. The maximum Gasteiger partial charge on any atom is 0.0634 e. The molecule has 0 aromatic heterocycles. The maximum absolute atomic E-state index is 5.43. The van der Waals surface area contributed by atoms with Gasteiger partial charge in [-0.3, -0.25) is 0 Å². The second kappa shape index (κ2) is 5.83. The van der Waals surface area contributed by atoms with Crippen molar-refractivity contribution in [2.24, 2.45) is 5.92 Å². The number of nitrogens with one attached hydrogen (secondary N) is 1. The number of hydrogen-bond donors (Lipinski definition) is 1. The summed E-state index contributed by atoms with van der Waals surface area (Å²) in [6.45, 7) is 9.15. The lowest BCUT2D eigenvalue weighted by Gasteiger charge is -2.26. The van der Waals surface area contributed by atoms with E-state index in [9.17, 15) is 0 Å². The Morgan fingerprint density at radius 2 is 2.20 bits per heavy atom. The molecule has 1 rings (SSSR count). The first-order valence-corrected chi connectivity index (χ1v) is 5.99. The Labute approximate surface area is 94.2 Å². The average Bonchev–Trinajstić information content (AvgIpc) is 2.64. The summed E-state index contributed by atoms with van der Waals surface area (Å²) in [6, 6.07) is 0. The second-order valence-corrected chi connectivity index (χ2v) is 5.23. The number of rotatable bonds is 6. The smallest absolute Gasteiger partial charge is 0.0634 e. The van der Waals surface area contributed by atoms with Gasteiger partial charge in [0.15, 0.2) is 0 Å². The number of hydrogen-bond acceptors (Lipinski definition) is 3. The fourth-order valence-electron chi connectivity index (χ4n) is 2.10. The van der Waals surface area contributed by atoms with Gasteiger partial charge in [-0.05, 0) is 52.7 Å². The van der Waals surface area contributed by atoms with E-state index >= 15 is 0 Å². The van der Waals surface area contributed by atoms with Gasteiger partial charge in [0, 0.05) is 20.2 Å². The van der Waals surface area contributed by atoms with Gasteiger partial charge in [-0.1, -0.05) is 0 Å². The quantitative estimate of drug-likeness (QED) is 0.722. The van der Waals surface area contributed by atoms with Crippen molar-refractivity contribution < 1.29 is 4.74 Å². The molecule has 3 heteroatoms. The first kappa shape index (κ1) is 12.9. The van der Waals surface area contributed by atoms with E-state index in [4.69, 9.17) is 4.74 Å². The molecular formula is C12H26N2O. The van der Waals surface area contributed by atoms with Crippen LogP contribution >= 0.6 is 0 Å². The molecule has 1 atom stereocenters. The summed E-state index contributed by atoms with van der Waals surface area (Å²) in [5, 5.41) is 3.26. The first-order chi connectivity index (χ1) is 7.07. The van der Waals surface area contributed by atoms with Crippen molar-refractivity contribution >= 4 is 0 Å². The summed E-state index contributed by atoms with van der Waals surface area (Å²) in [5.41, 5.74) is 0.0289. The third-order valence-electron chi connectivity index (χ3n) is 3.45. The monoisotopic (exact) mass is 214 g/mol. The largest absolute Gasteiger partial charge is 0.379 e. The lowest BCUT2D eigenvalue weighted by molar-refractivity contribution is 0.00878. The van der Waals surface area contributed by atoms with Gasteiger partial charge in [0.2, 0.25) is 0 Å². The molecule has 15 heavy (non-hydrogen) atoms. The molecule has 3 nitrogen and oxygen atoms in total. The fourth-order valence-corrected chi connectivity index (χ4v) is 2.10. The zero-order valence-corrected chi connectivity index (χ0v) is 10.7. The molecule has 1 saturated heterocycles. The number of nitrogens with zero attached hydrogens (tertiary/aromatic N) is 1. The van der Waals surface area contributed by atoms with E-state index in [0.717, 1.165) is 18.9 Å². The Bertz CT molecular complexity index is 182. The van der Waals surface area contributed by atoms with Gasteiger partial charge >= 0.3 is 0 Å². The van der Waals surface area contributed by atoms with Crippen LogP contribution < -0.4 is 5.32 Å². The summed E-state index contributed by atoms with van der Waals surface area (Å²) >= 11 is 0. The van der Waals surface area contributed by atoms with Gasteiger partial charge in [0.25, 0.3) is 0 Å². The second-order valence-electron chi connectivity index (χ2n) is 5.23. The average molecular weight is 214 g/mol. The molecule has 0 aliphatic carbocycles. The minimum absolute atomic E-state index is 0.0289. The lowest BCUT2D eigenvalue weighted by Crippen LogP contribution is -2.31. The van der Waals surface area contributed by atoms with Crippen LogP contribution in [0.5, 0.6) is 0 Å². The summed E-state index contributed by atoms with van der Waals surface area (Å²) in [5.74, 6) is 0.848. The molecule has 0 amide bonds. The van der Waals surface area contributed by atoms with Gasteiger partial charge in [0.1, 0.15) is 0 Å². The predicted octanol–water partition coefficient (Wildman–Crippen LogP) is 1.34. The minimum Gasteiger partial charge on any atom is -0.379 e. The van der Waals surface area contributed by atoms with Crippen LogP contribution in [0.15, 0.2) is 0 Å². The predicted molar refractivity (Wildman–Crippen MR) is 64.2 cm³/mol. The molecule has 1 aliphatic rings. The van der Waals surface area contributed by atoms with E-state index in [2.05, 4.69) is 24.1 Å². The summed E-state index contributed by atoms with van der Waals surface area (Å²) in [4.78, 5) is 2.56. The van der Waals surface area contributed by atoms with Crippen LogP contribution in [0.1, 0.15) is 26.7 Å². The molecule has 1 N–H and O–H groups in total. The highest BCUT2D eigenvalue weighted by Gasteiger charge is 2.24. The lowest BCUT2D eigenvalue weighted by atomic mass is 10.1. The molecule has 0 saturated carbocycles. The normalized spacial score (nSPS) is 23.6. The summed E-state index contributed by atoms with van der Waals surface area (Å²) < 4.78 is 5.43. The first-order valence-electron chi connectivity index (χ1n) is 5.99. The third kappa shape index (κ3) is 4.49. The van der Waals surface area contributed by atoms with Crippen molar-refractivity contribution in [1.29, 1.82) is 0 Å². The molecule has 0 spiro atoms. The SMILES string of the molecule is CNCC1CCN(CCC(C)(C)OC)C1. The Hall–Kier alpha value is -0.120. The van der Waals surface area contributed by atoms with Crippen molar-refractivity contribution in [3.8, 4) is 0 Å². The van der Waals surface area contributed by atoms with E-state index in [-0.39, 0.29) is 5.60 Å². The van der Waals surface area contributed by atoms with E-state index in [1.165, 1.54) is 26.1 Å². The molecule has 0 aromatic rings. The van der Waals surface area contributed by atoms with E-state index in [1.807, 2.05) is 7.05 Å². The maximum atomic E-state index is 5.43. The van der Waals surface area contributed by atoms with Gasteiger partial charge < -0.3 is 15.0 Å². The summed E-state index contributed by atoms with van der Waals surface area (Å²) in [6.07, 6.45) is 2.46. The highest BCUT2D eigenvalue weighted by atomic mass is 16.5. The van der Waals surface area contributed by atoms with Crippen LogP contribution in [0.3, 0.4) is 0 Å². The zero-order valence-electron chi connectivity index (χ0n) is 10.7. The number of methoxy groups -OCH3 is 1. The number of likely N-dealkylation sites (tertiary alicyclic amines) is 1. The van der Waals surface area contributed by atoms with Crippen molar-refractivity contribution in [2.45, 2.75) is 32.3 Å². The minimum atomic E-state index is 0.0289. The molecule has 1 aliphatic heterocycles. The molecule has 1 unspecified atom stereocenters. The van der Waals surface area contributed by atoms with E-state index < -0.39 is 0 Å². The van der Waals surface area contributed by atoms with Crippen LogP contribution in [0.4, 0.5) is 0 Å². The van der Waals surface area contributed by atoms with Crippen LogP contribution in [0.2, 0.25) is 0 Å². The van der Waals surface area contributed by atoms with Crippen molar-refractivity contribution in [3.05, 3.63) is 0 Å². The Kier molecular flexibility index (Phi) is 5.03. The Balaban J connectivity index is 2.19. The van der Waals surface area contributed by atoms with Gasteiger partial charge in [-0.2, -0.15) is 0 Å². The number of ether oxygens (including phenoxy) is 1. The highest BCUT2D eigenvalue weighted by molar-refractivity contribution is 4.79. The zero-order chi connectivity index (χ0) is 11.3. The Morgan fingerprint density at radius 3 is 2.80 bits per heavy atom. The fraction of sp³-hybridized carbons (Fsp3) is 1.00. The van der Waals surface area contributed by atoms with Crippen LogP contribution in [0.25, 0.3) is 0 Å². The van der Waals surface area contributed by atoms with E-state index in [1.54, 1.807) is 7.11 Å². The van der Waals surface area contributed by atoms with Gasteiger partial charge in [0.05, 0.1) is 5.60 Å². The van der Waals surface area contributed by atoms with Crippen LogP contribution in [-0.2, 0) is 4.74 Å². The third-order valence-corrected chi connectivity index (χ3v) is 3.45. The molecule has 1 fully saturated rings. The topological polar surface area (TPSA) is 24.5 Å². The van der Waals surface area contributed by atoms with Crippen molar-refractivity contribution in [2.75, 3.05) is 40.3 Å². The van der Waals surface area contributed by atoms with Crippen LogP contribution in [0, 0.1) is 5.92 Å². The van der Waals surface area contributed by atoms with Gasteiger partial charge in [-0.15, -0.1) is 0 Å². The molecule has 1 heterocycles. The van der Waals surface area contributed by atoms with Crippen molar-refractivity contribution in [3.63, 3.8) is 0 Å². The standard InChI is InChI=1S/C12H26N2O/c1-12(2,15-4)6-8-14-7-5-11(10-14)9-13-3/h11,13H,5-10H2,1-4H3. The molecule has 0 radical (unpaired) electrons. The Morgan fingerprint density at radius 1 is 1.47 bits per heavy atom.